The lowest BCUT2D eigenvalue weighted by molar-refractivity contribution is -0.283. The number of allylic oxidation sites excluding steroid dienone is 2. The van der Waals surface area contributed by atoms with Crippen LogP contribution in [-0.2, 0) is 9.47 Å². The van der Waals surface area contributed by atoms with Crippen molar-refractivity contribution in [2.24, 2.45) is 5.41 Å². The lowest BCUT2D eigenvalue weighted by Crippen LogP contribution is -2.45. The molecule has 138 valence electrons. The summed E-state index contributed by atoms with van der Waals surface area (Å²) in [5, 5.41) is 0. The third-order valence-corrected chi connectivity index (χ3v) is 19.0. The molecule has 1 spiro atoms. The molecule has 0 amide bonds. The van der Waals surface area contributed by atoms with E-state index in [9.17, 15) is 0 Å². The van der Waals surface area contributed by atoms with Crippen LogP contribution in [0.4, 0.5) is 0 Å². The number of halogens is 2. The van der Waals surface area contributed by atoms with E-state index < -0.39 is 21.9 Å². The largest absolute Gasteiger partial charge is 0.350 e. The Morgan fingerprint density at radius 1 is 0.792 bits per heavy atom. The topological polar surface area (TPSA) is 18.5 Å². The first kappa shape index (κ1) is 21.6. The van der Waals surface area contributed by atoms with E-state index in [0.717, 1.165) is 26.1 Å². The number of ether oxygens (including phenoxy) is 2. The monoisotopic (exact) mass is 590 g/mol. The van der Waals surface area contributed by atoms with Gasteiger partial charge in [0.2, 0.25) is 0 Å². The van der Waals surface area contributed by atoms with Crippen molar-refractivity contribution in [2.75, 3.05) is 13.2 Å². The molecule has 1 saturated carbocycles. The predicted molar refractivity (Wildman–Crippen MR) is 126 cm³/mol. The van der Waals surface area contributed by atoms with Gasteiger partial charge < -0.3 is 9.47 Å². The van der Waals surface area contributed by atoms with Crippen LogP contribution in [0.3, 0.4) is 0 Å². The fourth-order valence-corrected chi connectivity index (χ4v) is 6.61. The van der Waals surface area contributed by atoms with E-state index in [1.54, 1.807) is 17.6 Å². The van der Waals surface area contributed by atoms with E-state index in [2.05, 4.69) is 84.5 Å². The number of hydrogen-bond acceptors (Lipinski definition) is 2. The minimum Gasteiger partial charge on any atom is -0.350 e. The number of hydrogen-bond donors (Lipinski definition) is 0. The van der Waals surface area contributed by atoms with Crippen molar-refractivity contribution in [3.8, 4) is 0 Å². The van der Waals surface area contributed by atoms with Crippen LogP contribution in [0, 0.1) is 5.41 Å². The Morgan fingerprint density at radius 3 is 1.42 bits per heavy atom. The van der Waals surface area contributed by atoms with Gasteiger partial charge in [0, 0.05) is 5.41 Å². The van der Waals surface area contributed by atoms with Gasteiger partial charge in [-0.2, -0.15) is 0 Å². The molecule has 0 aromatic heterocycles. The molecule has 0 unspecified atom stereocenters. The van der Waals surface area contributed by atoms with Gasteiger partial charge in [0.1, 0.15) is 0 Å². The van der Waals surface area contributed by atoms with Crippen LogP contribution in [0.25, 0.3) is 0 Å². The molecule has 0 aromatic rings. The second kappa shape index (κ2) is 7.03. The molecule has 0 atom stereocenters. The summed E-state index contributed by atoms with van der Waals surface area (Å²) in [6.07, 6.45) is 2.25. The first-order valence-electron chi connectivity index (χ1n) is 8.73. The van der Waals surface area contributed by atoms with Crippen molar-refractivity contribution in [3.63, 3.8) is 0 Å². The Kier molecular flexibility index (Phi) is 6.33. The van der Waals surface area contributed by atoms with Crippen LogP contribution in [0.5, 0.6) is 0 Å². The van der Waals surface area contributed by atoms with Crippen LogP contribution in [0.2, 0.25) is 39.3 Å². The quantitative estimate of drug-likeness (QED) is 0.264. The maximum Gasteiger partial charge on any atom is 0.162 e. The molecule has 2 fully saturated rings. The molecular weight excluding hydrogens is 558 g/mol. The minimum atomic E-state index is -1.32. The predicted octanol–water partition coefficient (Wildman–Crippen LogP) is 6.68. The lowest BCUT2D eigenvalue weighted by atomic mass is 9.86. The summed E-state index contributed by atoms with van der Waals surface area (Å²) in [6, 6.07) is 0. The molecule has 0 bridgehead atoms. The summed E-state index contributed by atoms with van der Waals surface area (Å²) in [7, 11) is -2.64. The van der Waals surface area contributed by atoms with Crippen molar-refractivity contribution in [1.29, 1.82) is 0 Å². The maximum absolute atomic E-state index is 6.08. The molecule has 1 aliphatic heterocycles. The second-order valence-electron chi connectivity index (χ2n) is 9.92. The molecule has 2 aliphatic rings. The molecule has 1 aliphatic carbocycles. The van der Waals surface area contributed by atoms with Gasteiger partial charge in [-0.15, -0.1) is 0 Å². The van der Waals surface area contributed by atoms with E-state index in [1.165, 1.54) is 0 Å². The molecule has 1 saturated heterocycles. The molecule has 6 heteroatoms. The van der Waals surface area contributed by atoms with Crippen LogP contribution in [-0.4, -0.2) is 35.1 Å². The van der Waals surface area contributed by atoms with Gasteiger partial charge in [-0.05, 0) is 44.2 Å². The summed E-state index contributed by atoms with van der Waals surface area (Å²) >= 11 is 5.30. The highest BCUT2D eigenvalue weighted by molar-refractivity contribution is 14.1. The molecule has 0 N–H and O–H groups in total. The van der Waals surface area contributed by atoms with Gasteiger partial charge in [-0.1, -0.05) is 84.5 Å². The SMILES string of the molecule is CC1(C)OCC2(CO1)CC(=C(/I)[Si](C)(C)C)/C(=C(\I)[Si](C)(C)C)C2. The Labute approximate surface area is 177 Å². The summed E-state index contributed by atoms with van der Waals surface area (Å²) in [5.41, 5.74) is 3.41. The zero-order valence-corrected chi connectivity index (χ0v) is 22.7. The normalized spacial score (nSPS) is 28.2. The smallest absolute Gasteiger partial charge is 0.162 e. The van der Waals surface area contributed by atoms with Crippen LogP contribution >= 0.6 is 45.2 Å². The summed E-state index contributed by atoms with van der Waals surface area (Å²) in [5.74, 6) is -0.431. The average molecular weight is 590 g/mol. The molecule has 1 heterocycles. The molecular formula is C18H32I2O2Si2. The van der Waals surface area contributed by atoms with Crippen molar-refractivity contribution in [2.45, 2.75) is 71.8 Å². The van der Waals surface area contributed by atoms with E-state index in [0.29, 0.717) is 0 Å². The highest BCUT2D eigenvalue weighted by atomic mass is 127. The zero-order valence-electron chi connectivity index (χ0n) is 16.4. The molecule has 24 heavy (non-hydrogen) atoms. The van der Waals surface area contributed by atoms with E-state index in [-0.39, 0.29) is 5.41 Å². The van der Waals surface area contributed by atoms with Crippen molar-refractivity contribution >= 4 is 61.3 Å². The minimum absolute atomic E-state index is 0.145. The highest BCUT2D eigenvalue weighted by Crippen LogP contribution is 2.53. The maximum atomic E-state index is 6.08. The third-order valence-electron chi connectivity index (χ3n) is 4.77. The van der Waals surface area contributed by atoms with Crippen molar-refractivity contribution < 1.29 is 9.47 Å². The summed E-state index contributed by atoms with van der Waals surface area (Å²) in [4.78, 5) is 0. The van der Waals surface area contributed by atoms with Gasteiger partial charge in [0.25, 0.3) is 0 Å². The van der Waals surface area contributed by atoms with Gasteiger partial charge in [-0.3, -0.25) is 0 Å². The Morgan fingerprint density at radius 2 is 1.12 bits per heavy atom. The first-order chi connectivity index (χ1) is 10.7. The van der Waals surface area contributed by atoms with Crippen LogP contribution < -0.4 is 0 Å². The molecule has 0 radical (unpaired) electrons. The van der Waals surface area contributed by atoms with Gasteiger partial charge in [0.15, 0.2) is 5.79 Å². The fraction of sp³-hybridized carbons (Fsp3) is 0.778. The van der Waals surface area contributed by atoms with Gasteiger partial charge >= 0.3 is 0 Å². The van der Waals surface area contributed by atoms with Gasteiger partial charge in [-0.25, -0.2) is 0 Å². The van der Waals surface area contributed by atoms with E-state index in [1.807, 2.05) is 13.8 Å². The highest BCUT2D eigenvalue weighted by Gasteiger charge is 2.48. The van der Waals surface area contributed by atoms with Crippen molar-refractivity contribution in [3.05, 3.63) is 17.6 Å². The van der Waals surface area contributed by atoms with Crippen LogP contribution in [0.1, 0.15) is 26.7 Å². The first-order valence-corrected chi connectivity index (χ1v) is 17.9. The average Bonchev–Trinajstić information content (AvgIpc) is 2.79. The Bertz CT molecular complexity index is 531. The summed E-state index contributed by atoms with van der Waals surface area (Å²) < 4.78 is 15.4. The van der Waals surface area contributed by atoms with Gasteiger partial charge in [0.05, 0.1) is 29.4 Å². The standard InChI is InChI=1S/C18H32I2O2Si2/c1-17(2)21-11-18(12-22-17)9-13(15(19)23(3,4)5)14(10-18)16(20)24(6,7)8/h9-12H2,1-8H3/b15-13+,16-14+. The Hall–Kier alpha value is 1.29. The van der Waals surface area contributed by atoms with E-state index >= 15 is 0 Å². The molecule has 2 nitrogen and oxygen atoms in total. The zero-order chi connectivity index (χ0) is 18.6. The molecule has 0 aromatic carbocycles. The summed E-state index contributed by atoms with van der Waals surface area (Å²) in [6.45, 7) is 20.5. The van der Waals surface area contributed by atoms with Crippen molar-refractivity contribution in [1.82, 2.24) is 0 Å². The molecule has 2 rings (SSSR count). The lowest BCUT2D eigenvalue weighted by Gasteiger charge is -2.41. The number of rotatable bonds is 2. The fourth-order valence-electron chi connectivity index (χ4n) is 3.29. The van der Waals surface area contributed by atoms with E-state index in [4.69, 9.17) is 9.47 Å². The third kappa shape index (κ3) is 4.76. The second-order valence-corrected chi connectivity index (χ2v) is 24.1. The van der Waals surface area contributed by atoms with Crippen LogP contribution in [0.15, 0.2) is 17.6 Å². The Balaban J connectivity index is 2.49.